The maximum Gasteiger partial charge on any atom is 0.422 e. The zero-order chi connectivity index (χ0) is 12.6. The predicted molar refractivity (Wildman–Crippen MR) is 51.3 cm³/mol. The monoisotopic (exact) mass is 257 g/mol. The van der Waals surface area contributed by atoms with E-state index in [1.807, 2.05) is 0 Å². The van der Waals surface area contributed by atoms with Crippen molar-refractivity contribution in [3.63, 3.8) is 0 Å². The number of halogens is 3. The van der Waals surface area contributed by atoms with Crippen LogP contribution in [0.15, 0.2) is 10.6 Å². The molecule has 0 aromatic heterocycles. The molecular weight excluding hydrogens is 247 g/mol. The molecule has 0 amide bonds. The van der Waals surface area contributed by atoms with Crippen LogP contribution in [-0.2, 0) is 9.53 Å². The smallest absolute Gasteiger partial charge is 0.422 e. The summed E-state index contributed by atoms with van der Waals surface area (Å²) in [7, 11) is 0. The van der Waals surface area contributed by atoms with E-state index in [1.54, 1.807) is 0 Å². The van der Waals surface area contributed by atoms with E-state index in [1.165, 1.54) is 6.92 Å². The molecule has 1 aliphatic rings. The zero-order valence-corrected chi connectivity index (χ0v) is 9.11. The lowest BCUT2D eigenvalue weighted by molar-refractivity contribution is -0.235. The molecule has 0 saturated carbocycles. The Bertz CT molecular complexity index is 342. The third kappa shape index (κ3) is 1.99. The van der Waals surface area contributed by atoms with Crippen molar-refractivity contribution < 1.29 is 27.8 Å². The normalized spacial score (nSPS) is 26.1. The largest absolute Gasteiger partial charge is 0.462 e. The van der Waals surface area contributed by atoms with E-state index in [2.05, 4.69) is 4.74 Å². The van der Waals surface area contributed by atoms with Gasteiger partial charge in [-0.1, -0.05) is 0 Å². The molecular formula is C8H10F3NO3S. The van der Waals surface area contributed by atoms with Gasteiger partial charge in [-0.15, -0.1) is 11.8 Å². The van der Waals surface area contributed by atoms with E-state index in [-0.39, 0.29) is 11.6 Å². The number of aliphatic hydroxyl groups is 1. The van der Waals surface area contributed by atoms with E-state index in [4.69, 9.17) is 5.73 Å². The fraction of sp³-hybridized carbons (Fsp3) is 0.625. The van der Waals surface area contributed by atoms with Gasteiger partial charge in [0.1, 0.15) is 5.57 Å². The highest BCUT2D eigenvalue weighted by Crippen LogP contribution is 2.46. The number of thioether (sulfide) groups is 1. The Balaban J connectivity index is 3.12. The van der Waals surface area contributed by atoms with Crippen LogP contribution in [0, 0.1) is 0 Å². The summed E-state index contributed by atoms with van der Waals surface area (Å²) >= 11 is 0.580. The molecule has 0 bridgehead atoms. The molecule has 4 nitrogen and oxygen atoms in total. The molecule has 1 heterocycles. The molecule has 0 radical (unpaired) electrons. The molecule has 1 rings (SSSR count). The molecule has 1 unspecified atom stereocenters. The number of rotatable bonds is 2. The lowest BCUT2D eigenvalue weighted by Crippen LogP contribution is -2.49. The Morgan fingerprint density at radius 2 is 2.25 bits per heavy atom. The second kappa shape index (κ2) is 4.17. The summed E-state index contributed by atoms with van der Waals surface area (Å²) < 4.78 is 42.3. The Morgan fingerprint density at radius 1 is 1.69 bits per heavy atom. The minimum Gasteiger partial charge on any atom is -0.462 e. The summed E-state index contributed by atoms with van der Waals surface area (Å²) in [5, 5.41) is 9.12. The second-order valence-corrected chi connectivity index (χ2v) is 4.12. The SMILES string of the molecule is CCOC(=O)C1=C(N)SCC1(O)C(F)(F)F. The molecule has 0 aromatic carbocycles. The number of ether oxygens (including phenoxy) is 1. The van der Waals surface area contributed by atoms with Gasteiger partial charge < -0.3 is 15.6 Å². The summed E-state index contributed by atoms with van der Waals surface area (Å²) in [6.45, 7) is 1.36. The molecule has 0 fully saturated rings. The minimum atomic E-state index is -4.96. The fourth-order valence-electron chi connectivity index (χ4n) is 1.23. The predicted octanol–water partition coefficient (Wildman–Crippen LogP) is 0.760. The van der Waals surface area contributed by atoms with E-state index >= 15 is 0 Å². The maximum absolute atomic E-state index is 12.6. The van der Waals surface area contributed by atoms with E-state index in [0.29, 0.717) is 11.8 Å². The van der Waals surface area contributed by atoms with E-state index < -0.39 is 29.1 Å². The first-order chi connectivity index (χ1) is 7.24. The molecule has 0 spiro atoms. The summed E-state index contributed by atoms with van der Waals surface area (Å²) in [5.74, 6) is -1.96. The highest BCUT2D eigenvalue weighted by molar-refractivity contribution is 8.03. The van der Waals surface area contributed by atoms with Crippen molar-refractivity contribution in [3.05, 3.63) is 10.6 Å². The second-order valence-electron chi connectivity index (χ2n) is 3.11. The summed E-state index contributed by atoms with van der Waals surface area (Å²) in [5.41, 5.74) is 1.14. The van der Waals surface area contributed by atoms with Crippen molar-refractivity contribution in [1.82, 2.24) is 0 Å². The van der Waals surface area contributed by atoms with E-state index in [9.17, 15) is 23.1 Å². The van der Waals surface area contributed by atoms with Gasteiger partial charge >= 0.3 is 12.1 Å². The van der Waals surface area contributed by atoms with Crippen LogP contribution in [-0.4, -0.2) is 35.2 Å². The number of nitrogens with two attached hydrogens (primary N) is 1. The molecule has 0 aromatic rings. The first kappa shape index (κ1) is 13.2. The van der Waals surface area contributed by atoms with Crippen LogP contribution >= 0.6 is 11.8 Å². The Morgan fingerprint density at radius 3 is 2.69 bits per heavy atom. The first-order valence-corrected chi connectivity index (χ1v) is 5.32. The quantitative estimate of drug-likeness (QED) is 0.714. The van der Waals surface area contributed by atoms with Gasteiger partial charge in [-0.05, 0) is 6.92 Å². The average Bonchev–Trinajstić information content (AvgIpc) is 2.43. The third-order valence-electron chi connectivity index (χ3n) is 2.05. The standard InChI is InChI=1S/C8H10F3NO3S/c1-2-15-6(13)4-5(12)16-3-7(4,14)8(9,10)11/h14H,2-3,12H2,1H3. The van der Waals surface area contributed by atoms with Gasteiger partial charge in [0.2, 0.25) is 5.60 Å². The summed E-state index contributed by atoms with van der Waals surface area (Å²) in [6, 6.07) is 0. The molecule has 1 aliphatic heterocycles. The third-order valence-corrected chi connectivity index (χ3v) is 3.12. The topological polar surface area (TPSA) is 72.5 Å². The molecule has 16 heavy (non-hydrogen) atoms. The van der Waals surface area contributed by atoms with Gasteiger partial charge in [-0.25, -0.2) is 4.79 Å². The van der Waals surface area contributed by atoms with Crippen molar-refractivity contribution in [3.8, 4) is 0 Å². The highest BCUT2D eigenvalue weighted by Gasteiger charge is 2.62. The molecule has 1 atom stereocenters. The molecule has 3 N–H and O–H groups in total. The van der Waals surface area contributed by atoms with Gasteiger partial charge in [-0.3, -0.25) is 0 Å². The summed E-state index contributed by atoms with van der Waals surface area (Å²) in [4.78, 5) is 11.3. The van der Waals surface area contributed by atoms with Crippen LogP contribution in [0.2, 0.25) is 0 Å². The van der Waals surface area contributed by atoms with Gasteiger partial charge in [0.05, 0.1) is 11.6 Å². The molecule has 0 aliphatic carbocycles. The van der Waals surface area contributed by atoms with Gasteiger partial charge in [-0.2, -0.15) is 13.2 Å². The van der Waals surface area contributed by atoms with Crippen LogP contribution in [0.5, 0.6) is 0 Å². The van der Waals surface area contributed by atoms with Crippen LogP contribution in [0.3, 0.4) is 0 Å². The van der Waals surface area contributed by atoms with Gasteiger partial charge in [0, 0.05) is 5.75 Å². The lowest BCUT2D eigenvalue weighted by Gasteiger charge is -2.26. The Labute approximate surface area is 93.6 Å². The minimum absolute atomic E-state index is 0.0891. The highest BCUT2D eigenvalue weighted by atomic mass is 32.2. The number of hydrogen-bond acceptors (Lipinski definition) is 5. The average molecular weight is 257 g/mol. The van der Waals surface area contributed by atoms with Crippen molar-refractivity contribution in [2.24, 2.45) is 5.73 Å². The van der Waals surface area contributed by atoms with Crippen molar-refractivity contribution in [2.75, 3.05) is 12.4 Å². The number of hydrogen-bond donors (Lipinski definition) is 2. The maximum atomic E-state index is 12.6. The number of alkyl halides is 3. The molecule has 92 valence electrons. The van der Waals surface area contributed by atoms with Crippen LogP contribution < -0.4 is 5.73 Å². The zero-order valence-electron chi connectivity index (χ0n) is 8.30. The van der Waals surface area contributed by atoms with Crippen LogP contribution in [0.1, 0.15) is 6.92 Å². The number of carbonyl (C=O) groups is 1. The van der Waals surface area contributed by atoms with E-state index in [0.717, 1.165) is 0 Å². The van der Waals surface area contributed by atoms with Crippen molar-refractivity contribution in [2.45, 2.75) is 18.7 Å². The van der Waals surface area contributed by atoms with Gasteiger partial charge in [0.25, 0.3) is 0 Å². The van der Waals surface area contributed by atoms with Crippen molar-refractivity contribution in [1.29, 1.82) is 0 Å². The lowest BCUT2D eigenvalue weighted by atomic mass is 9.96. The van der Waals surface area contributed by atoms with Crippen LogP contribution in [0.4, 0.5) is 13.2 Å². The van der Waals surface area contributed by atoms with Gasteiger partial charge in [0.15, 0.2) is 0 Å². The molecule has 8 heteroatoms. The Kier molecular flexibility index (Phi) is 3.44. The number of esters is 1. The summed E-state index contributed by atoms with van der Waals surface area (Å²) in [6.07, 6.45) is -4.96. The Hall–Kier alpha value is -0.890. The van der Waals surface area contributed by atoms with Crippen LogP contribution in [0.25, 0.3) is 0 Å². The van der Waals surface area contributed by atoms with Crippen molar-refractivity contribution >= 4 is 17.7 Å². The number of carbonyl (C=O) groups excluding carboxylic acids is 1. The fourth-order valence-corrected chi connectivity index (χ4v) is 2.30. The molecule has 0 saturated heterocycles. The first-order valence-electron chi connectivity index (χ1n) is 4.33.